The summed E-state index contributed by atoms with van der Waals surface area (Å²) in [6, 6.07) is 0.488. The van der Waals surface area contributed by atoms with Crippen molar-refractivity contribution in [2.24, 2.45) is 16.8 Å². The zero-order valence-corrected chi connectivity index (χ0v) is 11.4. The molecular weight excluding hydrogens is 224 g/mol. The van der Waals surface area contributed by atoms with Gasteiger partial charge in [0.1, 0.15) is 6.61 Å². The Labute approximate surface area is 110 Å². The van der Waals surface area contributed by atoms with Gasteiger partial charge in [0, 0.05) is 6.42 Å². The summed E-state index contributed by atoms with van der Waals surface area (Å²) in [4.78, 5) is 4.88. The van der Waals surface area contributed by atoms with Gasteiger partial charge in [0.15, 0.2) is 5.90 Å². The molecule has 3 nitrogen and oxygen atoms in total. The molecular formula is C15H26N2O. The van der Waals surface area contributed by atoms with E-state index in [2.05, 4.69) is 5.32 Å². The average Bonchev–Trinajstić information content (AvgIpc) is 2.89. The predicted molar refractivity (Wildman–Crippen MR) is 74.0 cm³/mol. The maximum Gasteiger partial charge on any atom is 0.183 e. The van der Waals surface area contributed by atoms with Gasteiger partial charge in [-0.2, -0.15) is 0 Å². The fourth-order valence-corrected chi connectivity index (χ4v) is 3.65. The van der Waals surface area contributed by atoms with Crippen molar-refractivity contribution in [2.75, 3.05) is 19.7 Å². The number of hydrogen-bond donors (Lipinski definition) is 1. The minimum atomic E-state index is 0.488. The van der Waals surface area contributed by atoms with Crippen molar-refractivity contribution in [1.29, 1.82) is 0 Å². The third-order valence-corrected chi connectivity index (χ3v) is 4.85. The fourth-order valence-electron chi connectivity index (χ4n) is 3.65. The second kappa shape index (κ2) is 6.05. The van der Waals surface area contributed by atoms with Crippen LogP contribution in [0.3, 0.4) is 0 Å². The van der Waals surface area contributed by atoms with Crippen molar-refractivity contribution >= 4 is 5.90 Å². The van der Waals surface area contributed by atoms with E-state index in [9.17, 15) is 0 Å². The lowest BCUT2D eigenvalue weighted by atomic mass is 9.84. The van der Waals surface area contributed by atoms with Gasteiger partial charge in [-0.3, -0.25) is 0 Å². The van der Waals surface area contributed by atoms with Crippen LogP contribution in [0, 0.1) is 11.8 Å². The molecule has 0 aromatic rings. The molecule has 1 N–H and O–H groups in total. The molecule has 0 amide bonds. The molecule has 3 heteroatoms. The molecule has 102 valence electrons. The zero-order valence-electron chi connectivity index (χ0n) is 11.4. The number of nitrogens with one attached hydrogen (secondary N) is 1. The Bertz CT molecular complexity index is 291. The Balaban J connectivity index is 1.50. The van der Waals surface area contributed by atoms with Gasteiger partial charge < -0.3 is 10.1 Å². The Hall–Kier alpha value is -0.570. The van der Waals surface area contributed by atoms with Gasteiger partial charge in [0.05, 0.1) is 6.04 Å². The van der Waals surface area contributed by atoms with Gasteiger partial charge in [-0.15, -0.1) is 0 Å². The van der Waals surface area contributed by atoms with E-state index in [4.69, 9.17) is 9.73 Å². The Morgan fingerprint density at radius 1 is 1.06 bits per heavy atom. The van der Waals surface area contributed by atoms with Gasteiger partial charge in [-0.25, -0.2) is 4.99 Å². The topological polar surface area (TPSA) is 33.6 Å². The maximum atomic E-state index is 5.85. The second-order valence-electron chi connectivity index (χ2n) is 6.20. The van der Waals surface area contributed by atoms with E-state index < -0.39 is 0 Å². The van der Waals surface area contributed by atoms with Gasteiger partial charge in [0.2, 0.25) is 0 Å². The summed E-state index contributed by atoms with van der Waals surface area (Å²) in [5, 5.41) is 3.42. The van der Waals surface area contributed by atoms with Crippen molar-refractivity contribution in [1.82, 2.24) is 5.32 Å². The molecule has 3 rings (SSSR count). The van der Waals surface area contributed by atoms with Crippen LogP contribution < -0.4 is 5.32 Å². The Morgan fingerprint density at radius 3 is 2.61 bits per heavy atom. The normalized spacial score (nSPS) is 31.1. The summed E-state index contributed by atoms with van der Waals surface area (Å²) in [7, 11) is 0. The number of aliphatic imine (C=N–C) groups is 1. The molecule has 1 atom stereocenters. The molecule has 2 fully saturated rings. The summed E-state index contributed by atoms with van der Waals surface area (Å²) in [6.45, 7) is 3.21. The molecule has 18 heavy (non-hydrogen) atoms. The summed E-state index contributed by atoms with van der Waals surface area (Å²) < 4.78 is 5.85. The molecule has 0 radical (unpaired) electrons. The molecule has 0 bridgehead atoms. The lowest BCUT2D eigenvalue weighted by Crippen LogP contribution is -2.28. The van der Waals surface area contributed by atoms with Gasteiger partial charge >= 0.3 is 0 Å². The van der Waals surface area contributed by atoms with Gasteiger partial charge in [0.25, 0.3) is 0 Å². The Morgan fingerprint density at radius 2 is 1.83 bits per heavy atom. The van der Waals surface area contributed by atoms with Crippen LogP contribution in [0.1, 0.15) is 51.4 Å². The van der Waals surface area contributed by atoms with Crippen molar-refractivity contribution in [3.05, 3.63) is 0 Å². The lowest BCUT2D eigenvalue weighted by Gasteiger charge is -2.24. The molecule has 0 aromatic heterocycles. The van der Waals surface area contributed by atoms with E-state index in [1.807, 2.05) is 0 Å². The van der Waals surface area contributed by atoms with Crippen LogP contribution in [-0.2, 0) is 4.74 Å². The van der Waals surface area contributed by atoms with Crippen LogP contribution >= 0.6 is 0 Å². The van der Waals surface area contributed by atoms with Crippen LogP contribution in [-0.4, -0.2) is 31.6 Å². The fraction of sp³-hybridized carbons (Fsp3) is 0.933. The van der Waals surface area contributed by atoms with E-state index >= 15 is 0 Å². The molecule has 1 saturated heterocycles. The standard InChI is InChI=1S/C15H26N2O/c1-2-4-13(5-3-1)14-11-18-15(17-14)10-12-6-8-16-9-7-12/h12-14,16H,1-11H2. The number of rotatable bonds is 3. The first-order chi connectivity index (χ1) is 8.92. The lowest BCUT2D eigenvalue weighted by molar-refractivity contribution is 0.234. The summed E-state index contributed by atoms with van der Waals surface area (Å²) in [6.07, 6.45) is 10.6. The summed E-state index contributed by atoms with van der Waals surface area (Å²) in [5.74, 6) is 2.68. The highest BCUT2D eigenvalue weighted by Crippen LogP contribution is 2.31. The molecule has 2 aliphatic heterocycles. The number of piperidine rings is 1. The minimum Gasteiger partial charge on any atom is -0.479 e. The van der Waals surface area contributed by atoms with E-state index in [1.165, 1.54) is 58.0 Å². The Kier molecular flexibility index (Phi) is 4.19. The zero-order chi connectivity index (χ0) is 12.2. The van der Waals surface area contributed by atoms with Crippen molar-refractivity contribution in [3.8, 4) is 0 Å². The quantitative estimate of drug-likeness (QED) is 0.835. The van der Waals surface area contributed by atoms with E-state index in [1.54, 1.807) is 0 Å². The van der Waals surface area contributed by atoms with E-state index in [0.717, 1.165) is 30.8 Å². The van der Waals surface area contributed by atoms with Crippen LogP contribution in [0.25, 0.3) is 0 Å². The third-order valence-electron chi connectivity index (χ3n) is 4.85. The predicted octanol–water partition coefficient (Wildman–Crippen LogP) is 2.75. The summed E-state index contributed by atoms with van der Waals surface area (Å²) in [5.41, 5.74) is 0. The van der Waals surface area contributed by atoms with Crippen LogP contribution in [0.15, 0.2) is 4.99 Å². The first-order valence-electron chi connectivity index (χ1n) is 7.82. The third kappa shape index (κ3) is 3.05. The van der Waals surface area contributed by atoms with Crippen LogP contribution in [0.5, 0.6) is 0 Å². The largest absolute Gasteiger partial charge is 0.479 e. The number of ether oxygens (including phenoxy) is 1. The maximum absolute atomic E-state index is 5.85. The van der Waals surface area contributed by atoms with Gasteiger partial charge in [-0.05, 0) is 50.6 Å². The first-order valence-corrected chi connectivity index (χ1v) is 7.82. The average molecular weight is 250 g/mol. The molecule has 2 heterocycles. The smallest absolute Gasteiger partial charge is 0.183 e. The van der Waals surface area contributed by atoms with Crippen molar-refractivity contribution in [3.63, 3.8) is 0 Å². The van der Waals surface area contributed by atoms with E-state index in [0.29, 0.717) is 6.04 Å². The minimum absolute atomic E-state index is 0.488. The molecule has 0 aromatic carbocycles. The molecule has 0 spiro atoms. The number of nitrogens with zero attached hydrogens (tertiary/aromatic N) is 1. The highest BCUT2D eigenvalue weighted by atomic mass is 16.5. The molecule has 1 saturated carbocycles. The van der Waals surface area contributed by atoms with Crippen LogP contribution in [0.2, 0.25) is 0 Å². The molecule has 1 aliphatic carbocycles. The summed E-state index contributed by atoms with van der Waals surface area (Å²) >= 11 is 0. The highest BCUT2D eigenvalue weighted by molar-refractivity contribution is 5.78. The van der Waals surface area contributed by atoms with Crippen molar-refractivity contribution < 1.29 is 4.74 Å². The number of hydrogen-bond acceptors (Lipinski definition) is 3. The van der Waals surface area contributed by atoms with E-state index in [-0.39, 0.29) is 0 Å². The first kappa shape index (κ1) is 12.5. The highest BCUT2D eigenvalue weighted by Gasteiger charge is 2.29. The monoisotopic (exact) mass is 250 g/mol. The SMILES string of the molecule is C1CCC(C2COC(CC3CCNCC3)=N2)CC1. The molecule has 3 aliphatic rings. The van der Waals surface area contributed by atoms with Crippen LogP contribution in [0.4, 0.5) is 0 Å². The van der Waals surface area contributed by atoms with Crippen molar-refractivity contribution in [2.45, 2.75) is 57.4 Å². The molecule has 1 unspecified atom stereocenters. The second-order valence-corrected chi connectivity index (χ2v) is 6.20. The van der Waals surface area contributed by atoms with Gasteiger partial charge in [-0.1, -0.05) is 19.3 Å².